The van der Waals surface area contributed by atoms with E-state index < -0.39 is 0 Å². The normalized spacial score (nSPS) is 14.6. The molecule has 2 heterocycles. The first-order chi connectivity index (χ1) is 20.2. The molecule has 0 radical (unpaired) electrons. The van der Waals surface area contributed by atoms with Crippen LogP contribution in [0.4, 0.5) is 10.5 Å². The van der Waals surface area contributed by atoms with Crippen molar-refractivity contribution in [1.29, 1.82) is 0 Å². The first-order valence-electron chi connectivity index (χ1n) is 14.6. The van der Waals surface area contributed by atoms with E-state index in [2.05, 4.69) is 38.2 Å². The molecule has 4 rings (SSSR count). The van der Waals surface area contributed by atoms with E-state index in [0.29, 0.717) is 55.8 Å². The molecule has 1 aliphatic rings. The molecule has 1 aromatic heterocycles. The zero-order chi connectivity index (χ0) is 30.1. The Balaban J connectivity index is 1.50. The van der Waals surface area contributed by atoms with E-state index in [9.17, 15) is 9.59 Å². The maximum absolute atomic E-state index is 13.9. The molecule has 1 aliphatic heterocycles. The molecule has 0 unspecified atom stereocenters. The van der Waals surface area contributed by atoms with Gasteiger partial charge in [0, 0.05) is 35.1 Å². The van der Waals surface area contributed by atoms with Gasteiger partial charge in [-0.15, -0.1) is 11.3 Å². The van der Waals surface area contributed by atoms with E-state index in [0.717, 1.165) is 23.3 Å². The van der Waals surface area contributed by atoms with Gasteiger partial charge in [0.2, 0.25) is 5.91 Å². The Kier molecular flexibility index (Phi) is 11.3. The largest absolute Gasteiger partial charge is 0.493 e. The van der Waals surface area contributed by atoms with Gasteiger partial charge in [0.25, 0.3) is 0 Å². The minimum absolute atomic E-state index is 0.0357. The summed E-state index contributed by atoms with van der Waals surface area (Å²) in [6.07, 6.45) is 2.39. The summed E-state index contributed by atoms with van der Waals surface area (Å²) in [6.45, 7) is 8.32. The number of benzene rings is 2. The van der Waals surface area contributed by atoms with Crippen LogP contribution in [0.5, 0.6) is 11.5 Å². The fourth-order valence-electron chi connectivity index (χ4n) is 5.02. The van der Waals surface area contributed by atoms with E-state index >= 15 is 0 Å². The molecule has 9 heteroatoms. The Morgan fingerprint density at radius 1 is 1.02 bits per heavy atom. The smallest absolute Gasteiger partial charge is 0.322 e. The average Bonchev–Trinajstić information content (AvgIpc) is 3.66. The highest BCUT2D eigenvalue weighted by atomic mass is 32.1. The maximum atomic E-state index is 13.9. The molecule has 0 spiro atoms. The van der Waals surface area contributed by atoms with Crippen LogP contribution >= 0.6 is 11.3 Å². The molecule has 1 N–H and O–H groups in total. The van der Waals surface area contributed by atoms with Gasteiger partial charge in [-0.25, -0.2) is 4.79 Å². The predicted octanol–water partition coefficient (Wildman–Crippen LogP) is 6.48. The molecule has 0 bridgehead atoms. The average molecular weight is 594 g/mol. The minimum atomic E-state index is -0.303. The molecule has 3 aromatic rings. The zero-order valence-electron chi connectivity index (χ0n) is 25.4. The number of methoxy groups -OCH3 is 2. The SMILES string of the molecule is COc1ccc(CCN(Cc2ccc(C)s2)C(=O)CN(C[C@@H]2CCCO2)C(=O)Nc2ccc(C(C)C)cc2)cc1OC. The Labute approximate surface area is 253 Å². The molecule has 0 saturated carbocycles. The van der Waals surface area contributed by atoms with Crippen molar-refractivity contribution in [1.82, 2.24) is 9.80 Å². The topological polar surface area (TPSA) is 80.3 Å². The van der Waals surface area contributed by atoms with Gasteiger partial charge in [-0.05, 0) is 79.6 Å². The highest BCUT2D eigenvalue weighted by Crippen LogP contribution is 2.28. The molecule has 1 fully saturated rings. The lowest BCUT2D eigenvalue weighted by molar-refractivity contribution is -0.132. The highest BCUT2D eigenvalue weighted by Gasteiger charge is 2.27. The molecular formula is C33H43N3O5S. The first-order valence-corrected chi connectivity index (χ1v) is 15.4. The molecule has 1 atom stereocenters. The zero-order valence-corrected chi connectivity index (χ0v) is 26.2. The number of aryl methyl sites for hydroxylation is 1. The summed E-state index contributed by atoms with van der Waals surface area (Å²) < 4.78 is 16.7. The number of hydrogen-bond donors (Lipinski definition) is 1. The van der Waals surface area contributed by atoms with Gasteiger partial charge in [0.1, 0.15) is 6.54 Å². The molecule has 226 valence electrons. The van der Waals surface area contributed by atoms with Crippen LogP contribution in [-0.4, -0.2) is 68.3 Å². The lowest BCUT2D eigenvalue weighted by Crippen LogP contribution is -2.47. The van der Waals surface area contributed by atoms with Crippen molar-refractivity contribution >= 4 is 29.0 Å². The Hall–Kier alpha value is -3.56. The summed E-state index contributed by atoms with van der Waals surface area (Å²) in [7, 11) is 3.23. The highest BCUT2D eigenvalue weighted by molar-refractivity contribution is 7.11. The molecule has 8 nitrogen and oxygen atoms in total. The van der Waals surface area contributed by atoms with Crippen LogP contribution < -0.4 is 14.8 Å². The third-order valence-electron chi connectivity index (χ3n) is 7.50. The van der Waals surface area contributed by atoms with Crippen molar-refractivity contribution in [2.24, 2.45) is 0 Å². The Bertz CT molecular complexity index is 1320. The molecule has 0 aliphatic carbocycles. The lowest BCUT2D eigenvalue weighted by Gasteiger charge is -2.29. The molecule has 42 heavy (non-hydrogen) atoms. The van der Waals surface area contributed by atoms with Crippen LogP contribution in [0.2, 0.25) is 0 Å². The summed E-state index contributed by atoms with van der Waals surface area (Å²) in [5.74, 6) is 1.62. The standard InChI is InChI=1S/C33H43N3O5S/c1-23(2)26-10-12-27(13-11-26)34-33(38)36(20-28-7-6-18-41-28)22-32(37)35(21-29-14-8-24(3)42-29)17-16-25-9-15-30(39-4)31(19-25)40-5/h8-15,19,23,28H,6-7,16-18,20-22H2,1-5H3,(H,34,38)/t28-/m0/s1. The monoisotopic (exact) mass is 593 g/mol. The summed E-state index contributed by atoms with van der Waals surface area (Å²) in [5.41, 5.74) is 2.94. The Morgan fingerprint density at radius 2 is 1.79 bits per heavy atom. The predicted molar refractivity (Wildman–Crippen MR) is 168 cm³/mol. The minimum Gasteiger partial charge on any atom is -0.493 e. The van der Waals surface area contributed by atoms with Crippen molar-refractivity contribution in [3.05, 3.63) is 75.5 Å². The van der Waals surface area contributed by atoms with Crippen LogP contribution in [0.25, 0.3) is 0 Å². The number of rotatable bonds is 13. The number of ether oxygens (including phenoxy) is 3. The fourth-order valence-corrected chi connectivity index (χ4v) is 5.93. The second-order valence-corrected chi connectivity index (χ2v) is 12.4. The molecule has 3 amide bonds. The Morgan fingerprint density at radius 3 is 2.40 bits per heavy atom. The van der Waals surface area contributed by atoms with E-state index in [1.807, 2.05) is 47.4 Å². The first kappa shape index (κ1) is 31.4. The van der Waals surface area contributed by atoms with E-state index in [-0.39, 0.29) is 24.6 Å². The van der Waals surface area contributed by atoms with Crippen LogP contribution in [0.1, 0.15) is 53.5 Å². The number of nitrogens with zero attached hydrogens (tertiary/aromatic N) is 2. The number of amides is 3. The van der Waals surface area contributed by atoms with Gasteiger partial charge in [0.15, 0.2) is 11.5 Å². The van der Waals surface area contributed by atoms with Gasteiger partial charge >= 0.3 is 6.03 Å². The van der Waals surface area contributed by atoms with Crippen LogP contribution in [0.3, 0.4) is 0 Å². The van der Waals surface area contributed by atoms with E-state index in [1.54, 1.807) is 30.5 Å². The van der Waals surface area contributed by atoms with Gasteiger partial charge < -0.3 is 29.3 Å². The maximum Gasteiger partial charge on any atom is 0.322 e. The quantitative estimate of drug-likeness (QED) is 0.245. The van der Waals surface area contributed by atoms with Crippen molar-refractivity contribution in [3.8, 4) is 11.5 Å². The number of nitrogens with one attached hydrogen (secondary N) is 1. The van der Waals surface area contributed by atoms with Crippen molar-refractivity contribution in [2.45, 2.75) is 58.6 Å². The summed E-state index contributed by atoms with van der Waals surface area (Å²) in [4.78, 5) is 33.1. The van der Waals surface area contributed by atoms with Crippen molar-refractivity contribution in [2.75, 3.05) is 45.8 Å². The van der Waals surface area contributed by atoms with Crippen LogP contribution in [0, 0.1) is 6.92 Å². The number of carbonyl (C=O) groups excluding carboxylic acids is 2. The number of carbonyl (C=O) groups is 2. The summed E-state index contributed by atoms with van der Waals surface area (Å²) in [6, 6.07) is 17.5. The lowest BCUT2D eigenvalue weighted by atomic mass is 10.0. The molecule has 2 aromatic carbocycles. The van der Waals surface area contributed by atoms with Crippen LogP contribution in [-0.2, 0) is 22.5 Å². The number of thiophene rings is 1. The van der Waals surface area contributed by atoms with Crippen molar-refractivity contribution < 1.29 is 23.8 Å². The molecular weight excluding hydrogens is 550 g/mol. The second-order valence-electron chi connectivity index (χ2n) is 11.0. The third kappa shape index (κ3) is 8.72. The van der Waals surface area contributed by atoms with Gasteiger partial charge in [-0.3, -0.25) is 4.79 Å². The number of urea groups is 1. The van der Waals surface area contributed by atoms with Crippen molar-refractivity contribution in [3.63, 3.8) is 0 Å². The number of hydrogen-bond acceptors (Lipinski definition) is 6. The van der Waals surface area contributed by atoms with E-state index in [4.69, 9.17) is 14.2 Å². The third-order valence-corrected chi connectivity index (χ3v) is 8.49. The number of anilines is 1. The van der Waals surface area contributed by atoms with Gasteiger partial charge in [-0.1, -0.05) is 32.0 Å². The van der Waals surface area contributed by atoms with Gasteiger partial charge in [0.05, 0.1) is 26.9 Å². The summed E-state index contributed by atoms with van der Waals surface area (Å²) >= 11 is 1.68. The van der Waals surface area contributed by atoms with Gasteiger partial charge in [-0.2, -0.15) is 0 Å². The molecule has 1 saturated heterocycles. The van der Waals surface area contributed by atoms with Crippen LogP contribution in [0.15, 0.2) is 54.6 Å². The van der Waals surface area contributed by atoms with E-state index in [1.165, 1.54) is 10.4 Å². The second kappa shape index (κ2) is 15.1. The summed E-state index contributed by atoms with van der Waals surface area (Å²) in [5, 5.41) is 3.00. The fraction of sp³-hybridized carbons (Fsp3) is 0.455.